The number of hydrogen-bond donors (Lipinski definition) is 2. The van der Waals surface area contributed by atoms with Gasteiger partial charge in [0, 0.05) is 22.0 Å². The van der Waals surface area contributed by atoms with Gasteiger partial charge in [0.05, 0.1) is 12.6 Å². The number of H-pyrrole nitrogens is 1. The number of nitrogens with zero attached hydrogens (tertiary/aromatic N) is 1. The van der Waals surface area contributed by atoms with Crippen molar-refractivity contribution in [2.75, 3.05) is 7.11 Å². The van der Waals surface area contributed by atoms with E-state index in [1.165, 1.54) is 7.11 Å². The Bertz CT molecular complexity index is 943. The number of benzene rings is 2. The summed E-state index contributed by atoms with van der Waals surface area (Å²) in [6, 6.07) is 14.0. The Morgan fingerprint density at radius 1 is 1.22 bits per heavy atom. The van der Waals surface area contributed by atoms with Gasteiger partial charge in [-0.25, -0.2) is 9.59 Å². The second-order valence-corrected chi connectivity index (χ2v) is 6.77. The van der Waals surface area contributed by atoms with Crippen molar-refractivity contribution in [3.8, 4) is 0 Å². The minimum absolute atomic E-state index is 0.113. The van der Waals surface area contributed by atoms with E-state index in [4.69, 9.17) is 9.47 Å². The number of carbonyl (C=O) groups excluding carboxylic acids is 2. The van der Waals surface area contributed by atoms with Gasteiger partial charge in [-0.1, -0.05) is 46.3 Å². The zero-order valence-corrected chi connectivity index (χ0v) is 16.2. The number of ether oxygens (including phenoxy) is 2. The molecule has 0 aliphatic rings. The highest BCUT2D eigenvalue weighted by Gasteiger charge is 2.24. The molecule has 0 aliphatic carbocycles. The number of hydrogen-bond acceptors (Lipinski definition) is 5. The van der Waals surface area contributed by atoms with Crippen LogP contribution in [0.3, 0.4) is 0 Å². The molecule has 0 saturated carbocycles. The predicted molar refractivity (Wildman–Crippen MR) is 103 cm³/mol. The SMILES string of the molecule is COC(=O)[C@H](Cc1[nH]nc2cc(Br)ccc12)NC(=O)OCc1ccccc1. The van der Waals surface area contributed by atoms with Gasteiger partial charge in [-0.3, -0.25) is 5.10 Å². The van der Waals surface area contributed by atoms with E-state index in [2.05, 4.69) is 31.4 Å². The lowest BCUT2D eigenvalue weighted by Gasteiger charge is -2.16. The lowest BCUT2D eigenvalue weighted by Crippen LogP contribution is -2.43. The van der Waals surface area contributed by atoms with E-state index >= 15 is 0 Å². The summed E-state index contributed by atoms with van der Waals surface area (Å²) < 4.78 is 10.9. The van der Waals surface area contributed by atoms with Gasteiger partial charge in [0.15, 0.2) is 0 Å². The second-order valence-electron chi connectivity index (χ2n) is 5.85. The zero-order chi connectivity index (χ0) is 19.2. The van der Waals surface area contributed by atoms with Crippen LogP contribution in [0.1, 0.15) is 11.3 Å². The highest BCUT2D eigenvalue weighted by molar-refractivity contribution is 9.10. The molecule has 0 unspecified atom stereocenters. The molecule has 1 aromatic heterocycles. The smallest absolute Gasteiger partial charge is 0.408 e. The normalized spacial score (nSPS) is 11.8. The maximum atomic E-state index is 12.1. The lowest BCUT2D eigenvalue weighted by molar-refractivity contribution is -0.143. The molecule has 0 aliphatic heterocycles. The van der Waals surface area contributed by atoms with E-state index in [9.17, 15) is 9.59 Å². The van der Waals surface area contributed by atoms with Crippen LogP contribution < -0.4 is 5.32 Å². The molecular formula is C19H18BrN3O4. The molecule has 140 valence electrons. The molecule has 2 N–H and O–H groups in total. The summed E-state index contributed by atoms with van der Waals surface area (Å²) in [4.78, 5) is 24.2. The monoisotopic (exact) mass is 431 g/mol. The van der Waals surface area contributed by atoms with E-state index in [-0.39, 0.29) is 13.0 Å². The standard InChI is InChI=1S/C19H18BrN3O4/c1-26-18(24)17(21-19(25)27-11-12-5-3-2-4-6-12)10-16-14-8-7-13(20)9-15(14)22-23-16/h2-9,17H,10-11H2,1H3,(H,21,25)(H,22,23)/t17-/m0/s1. The van der Waals surface area contributed by atoms with Crippen LogP contribution in [0.4, 0.5) is 4.79 Å². The van der Waals surface area contributed by atoms with Crippen molar-refractivity contribution >= 4 is 38.9 Å². The molecule has 7 nitrogen and oxygen atoms in total. The van der Waals surface area contributed by atoms with Gasteiger partial charge >= 0.3 is 12.1 Å². The molecule has 0 saturated heterocycles. The van der Waals surface area contributed by atoms with Crippen molar-refractivity contribution in [3.63, 3.8) is 0 Å². The average molecular weight is 432 g/mol. The van der Waals surface area contributed by atoms with Crippen molar-refractivity contribution < 1.29 is 19.1 Å². The third-order valence-electron chi connectivity index (χ3n) is 3.99. The van der Waals surface area contributed by atoms with Crippen molar-refractivity contribution in [2.45, 2.75) is 19.1 Å². The molecule has 0 spiro atoms. The van der Waals surface area contributed by atoms with Crippen LogP contribution in [0.25, 0.3) is 10.9 Å². The summed E-state index contributed by atoms with van der Waals surface area (Å²) in [6.07, 6.45) is -0.494. The molecule has 3 rings (SSSR count). The van der Waals surface area contributed by atoms with Gasteiger partial charge in [-0.2, -0.15) is 5.10 Å². The number of rotatable bonds is 6. The Morgan fingerprint density at radius 3 is 2.74 bits per heavy atom. The summed E-state index contributed by atoms with van der Waals surface area (Å²) in [7, 11) is 1.27. The summed E-state index contributed by atoms with van der Waals surface area (Å²) in [5.41, 5.74) is 2.33. The first-order valence-electron chi connectivity index (χ1n) is 8.24. The number of methoxy groups -OCH3 is 1. The van der Waals surface area contributed by atoms with Crippen LogP contribution in [-0.2, 0) is 27.3 Å². The number of aromatic nitrogens is 2. The predicted octanol–water partition coefficient (Wildman–Crippen LogP) is 3.34. The van der Waals surface area contributed by atoms with E-state index < -0.39 is 18.1 Å². The fourth-order valence-electron chi connectivity index (χ4n) is 2.64. The van der Waals surface area contributed by atoms with Crippen molar-refractivity contribution in [1.29, 1.82) is 0 Å². The fourth-order valence-corrected chi connectivity index (χ4v) is 2.99. The number of halogens is 1. The highest BCUT2D eigenvalue weighted by atomic mass is 79.9. The lowest BCUT2D eigenvalue weighted by atomic mass is 10.1. The Balaban J connectivity index is 1.68. The number of carbonyl (C=O) groups is 2. The molecule has 0 radical (unpaired) electrons. The second kappa shape index (κ2) is 8.68. The van der Waals surface area contributed by atoms with Gasteiger partial charge in [-0.05, 0) is 23.8 Å². The van der Waals surface area contributed by atoms with Gasteiger partial charge in [0.2, 0.25) is 0 Å². The van der Waals surface area contributed by atoms with E-state index in [1.807, 2.05) is 48.5 Å². The van der Waals surface area contributed by atoms with E-state index in [0.29, 0.717) is 0 Å². The summed E-state index contributed by atoms with van der Waals surface area (Å²) in [5, 5.41) is 10.6. The van der Waals surface area contributed by atoms with Crippen LogP contribution in [0.15, 0.2) is 53.0 Å². The van der Waals surface area contributed by atoms with Crippen LogP contribution >= 0.6 is 15.9 Å². The van der Waals surface area contributed by atoms with Gasteiger partial charge < -0.3 is 14.8 Å². The third-order valence-corrected chi connectivity index (χ3v) is 4.49. The van der Waals surface area contributed by atoms with Crippen LogP contribution in [-0.4, -0.2) is 35.4 Å². The molecule has 27 heavy (non-hydrogen) atoms. The zero-order valence-electron chi connectivity index (χ0n) is 14.6. The number of nitrogens with one attached hydrogen (secondary N) is 2. The molecule has 3 aromatic rings. The van der Waals surface area contributed by atoms with Crippen molar-refractivity contribution in [2.24, 2.45) is 0 Å². The van der Waals surface area contributed by atoms with Gasteiger partial charge in [0.25, 0.3) is 0 Å². The van der Waals surface area contributed by atoms with Gasteiger partial charge in [0.1, 0.15) is 12.6 Å². The number of alkyl carbamates (subject to hydrolysis) is 1. The van der Waals surface area contributed by atoms with Crippen LogP contribution in [0.2, 0.25) is 0 Å². The molecular weight excluding hydrogens is 414 g/mol. The molecule has 1 amide bonds. The van der Waals surface area contributed by atoms with Crippen LogP contribution in [0.5, 0.6) is 0 Å². The van der Waals surface area contributed by atoms with Crippen molar-refractivity contribution in [3.05, 3.63) is 64.3 Å². The summed E-state index contributed by atoms with van der Waals surface area (Å²) in [5.74, 6) is -0.563. The van der Waals surface area contributed by atoms with Crippen molar-refractivity contribution in [1.82, 2.24) is 15.5 Å². The Hall–Kier alpha value is -2.87. The number of fused-ring (bicyclic) bond motifs is 1. The van der Waals surface area contributed by atoms with E-state index in [1.54, 1.807) is 0 Å². The fraction of sp³-hybridized carbons (Fsp3) is 0.211. The summed E-state index contributed by atoms with van der Waals surface area (Å²) >= 11 is 3.39. The molecule has 1 heterocycles. The molecule has 0 bridgehead atoms. The van der Waals surface area contributed by atoms with E-state index in [0.717, 1.165) is 26.6 Å². The Morgan fingerprint density at radius 2 is 2.00 bits per heavy atom. The minimum Gasteiger partial charge on any atom is -0.467 e. The van der Waals surface area contributed by atoms with Gasteiger partial charge in [-0.15, -0.1) is 0 Å². The molecule has 1 atom stereocenters. The summed E-state index contributed by atoms with van der Waals surface area (Å²) in [6.45, 7) is 0.113. The Labute approximate surface area is 164 Å². The maximum Gasteiger partial charge on any atom is 0.408 e. The largest absolute Gasteiger partial charge is 0.467 e. The first kappa shape index (κ1) is 18.9. The topological polar surface area (TPSA) is 93.3 Å². The third kappa shape index (κ3) is 4.85. The average Bonchev–Trinajstić information content (AvgIpc) is 3.07. The first-order chi connectivity index (χ1) is 13.1. The number of esters is 1. The molecule has 0 fully saturated rings. The molecule has 8 heteroatoms. The van der Waals surface area contributed by atoms with Crippen LogP contribution in [0, 0.1) is 0 Å². The number of amides is 1. The highest BCUT2D eigenvalue weighted by Crippen LogP contribution is 2.21. The maximum absolute atomic E-state index is 12.1. The number of aromatic amines is 1. The minimum atomic E-state index is -0.898. The quantitative estimate of drug-likeness (QED) is 0.583. The Kier molecular flexibility index (Phi) is 6.08. The first-order valence-corrected chi connectivity index (χ1v) is 9.03. The molecule has 2 aromatic carbocycles.